The number of pyridine rings is 1. The van der Waals surface area contributed by atoms with Crippen molar-refractivity contribution in [3.63, 3.8) is 0 Å². The molecule has 0 aliphatic heterocycles. The van der Waals surface area contributed by atoms with Crippen molar-refractivity contribution in [3.05, 3.63) is 29.4 Å². The Morgan fingerprint density at radius 1 is 1.23 bits per heavy atom. The first-order chi connectivity index (χ1) is 5.93. The van der Waals surface area contributed by atoms with Crippen LogP contribution in [0.15, 0.2) is 24.4 Å². The molecule has 0 atom stereocenters. The van der Waals surface area contributed by atoms with E-state index in [0.717, 1.165) is 0 Å². The molecule has 70 valence electrons. The molecule has 0 N–H and O–H groups in total. The Morgan fingerprint density at radius 3 is 2.00 bits per heavy atom. The zero-order valence-electron chi connectivity index (χ0n) is 6.24. The van der Waals surface area contributed by atoms with E-state index in [1.165, 1.54) is 0 Å². The second-order valence-electron chi connectivity index (χ2n) is 1.78. The van der Waals surface area contributed by atoms with Gasteiger partial charge in [0, 0.05) is 4.98 Å². The fourth-order valence-corrected chi connectivity index (χ4v) is 0.413. The van der Waals surface area contributed by atoms with E-state index >= 15 is 0 Å². The predicted octanol–water partition coefficient (Wildman–Crippen LogP) is 2.87. The lowest BCUT2D eigenvalue weighted by atomic mass is 10.3. The van der Waals surface area contributed by atoms with Gasteiger partial charge in [0.15, 0.2) is 0 Å². The van der Waals surface area contributed by atoms with Crippen LogP contribution in [0.2, 0.25) is 0 Å². The van der Waals surface area contributed by atoms with Gasteiger partial charge in [-0.2, -0.15) is 0 Å². The van der Waals surface area contributed by atoms with Crippen molar-refractivity contribution in [2.75, 3.05) is 0 Å². The first-order valence-electron chi connectivity index (χ1n) is 3.07. The molecule has 0 radical (unpaired) electrons. The van der Waals surface area contributed by atoms with E-state index in [1.807, 2.05) is 0 Å². The van der Waals surface area contributed by atoms with Crippen LogP contribution in [-0.4, -0.2) is 12.2 Å². The van der Waals surface area contributed by atoms with Crippen molar-refractivity contribution in [2.45, 2.75) is 0 Å². The number of hydrogen-bond acceptors (Lipinski definition) is 2. The van der Waals surface area contributed by atoms with Crippen LogP contribution in [0, 0.1) is 5.39 Å². The largest absolute Gasteiger partial charge is 0.673 e. The van der Waals surface area contributed by atoms with Gasteiger partial charge < -0.3 is 17.3 Å². The summed E-state index contributed by atoms with van der Waals surface area (Å²) >= 11 is 0. The normalized spacial score (nSPS) is 9.46. The molecule has 3 nitrogen and oxygen atoms in total. The first-order valence-corrected chi connectivity index (χ1v) is 3.07. The Morgan fingerprint density at radius 2 is 1.77 bits per heavy atom. The molecule has 1 heterocycles. The van der Waals surface area contributed by atoms with Crippen LogP contribution in [0.3, 0.4) is 0 Å². The van der Waals surface area contributed by atoms with Crippen molar-refractivity contribution < 1.29 is 17.3 Å². The average molecular weight is 193 g/mol. The summed E-state index contributed by atoms with van der Waals surface area (Å²) in [6.45, 7) is 0. The summed E-state index contributed by atoms with van der Waals surface area (Å²) < 4.78 is 39.0. The Bertz CT molecular complexity index is 274. The number of diazo groups is 1. The second kappa shape index (κ2) is 5.08. The first kappa shape index (κ1) is 11.4. The summed E-state index contributed by atoms with van der Waals surface area (Å²) in [4.78, 5) is 6.54. The third-order valence-electron chi connectivity index (χ3n) is 0.752. The van der Waals surface area contributed by atoms with Crippen molar-refractivity contribution in [1.29, 1.82) is 5.39 Å². The molecule has 0 saturated heterocycles. The summed E-state index contributed by atoms with van der Waals surface area (Å²) in [6, 6.07) is 5.12. The highest BCUT2D eigenvalue weighted by atomic mass is 19.5. The molecule has 0 aliphatic rings. The lowest BCUT2D eigenvalue weighted by Crippen LogP contribution is -2.02. The molecule has 1 rings (SSSR count). The summed E-state index contributed by atoms with van der Waals surface area (Å²) in [7, 11) is -6.00. The predicted molar refractivity (Wildman–Crippen MR) is 39.2 cm³/mol. The van der Waals surface area contributed by atoms with E-state index in [0.29, 0.717) is 5.82 Å². The van der Waals surface area contributed by atoms with E-state index in [-0.39, 0.29) is 0 Å². The Hall–Kier alpha value is -1.65. The van der Waals surface area contributed by atoms with Gasteiger partial charge in [-0.15, -0.1) is 0 Å². The number of hydrogen-bond donors (Lipinski definition) is 0. The smallest absolute Gasteiger partial charge is 0.418 e. The molecule has 0 fully saturated rings. The number of rotatable bonds is 0. The third kappa shape index (κ3) is 10.4. The van der Waals surface area contributed by atoms with E-state index in [4.69, 9.17) is 5.39 Å². The zero-order valence-corrected chi connectivity index (χ0v) is 6.24. The maximum Gasteiger partial charge on any atom is 0.673 e. The number of halogens is 4. The lowest BCUT2D eigenvalue weighted by Gasteiger charge is -1.94. The van der Waals surface area contributed by atoms with Crippen molar-refractivity contribution in [3.8, 4) is 0 Å². The molecule has 0 aromatic carbocycles. The standard InChI is InChI=1S/C5H4N3.BF4/c6-8-5-3-1-2-4-7-5;2-1(3,4)5/h1-4H;/q+1;-1. The van der Waals surface area contributed by atoms with E-state index in [9.17, 15) is 17.3 Å². The van der Waals surface area contributed by atoms with E-state index < -0.39 is 7.25 Å². The summed E-state index contributed by atoms with van der Waals surface area (Å²) in [5, 5.41) is 8.10. The van der Waals surface area contributed by atoms with Gasteiger partial charge in [0.1, 0.15) is 6.20 Å². The molecule has 0 spiro atoms. The van der Waals surface area contributed by atoms with Crippen molar-refractivity contribution in [2.24, 2.45) is 0 Å². The summed E-state index contributed by atoms with van der Waals surface area (Å²) in [5.41, 5.74) is 0. The Balaban J connectivity index is 0.000000252. The fraction of sp³-hybridized carbons (Fsp3) is 0. The van der Waals surface area contributed by atoms with Crippen LogP contribution in [0.4, 0.5) is 23.1 Å². The van der Waals surface area contributed by atoms with Gasteiger partial charge in [-0.05, 0) is 17.1 Å². The molecule has 0 saturated carbocycles. The van der Waals surface area contributed by atoms with Gasteiger partial charge in [-0.25, -0.2) is 0 Å². The fourth-order valence-electron chi connectivity index (χ4n) is 0.413. The molecule has 8 heteroatoms. The molecule has 1 aromatic heterocycles. The van der Waals surface area contributed by atoms with Gasteiger partial charge in [-0.1, -0.05) is 0 Å². The Labute approximate surface area is 71.1 Å². The topological polar surface area (TPSA) is 41.0 Å². The highest BCUT2D eigenvalue weighted by molar-refractivity contribution is 6.50. The minimum Gasteiger partial charge on any atom is -0.418 e. The third-order valence-corrected chi connectivity index (χ3v) is 0.752. The maximum absolute atomic E-state index is 9.75. The van der Waals surface area contributed by atoms with Crippen LogP contribution < -0.4 is 0 Å². The molecule has 0 aliphatic carbocycles. The highest BCUT2D eigenvalue weighted by Crippen LogP contribution is 2.06. The van der Waals surface area contributed by atoms with Gasteiger partial charge in [0.25, 0.3) is 0 Å². The minimum absolute atomic E-state index is 0.340. The molecule has 0 amide bonds. The van der Waals surface area contributed by atoms with Crippen molar-refractivity contribution >= 4 is 13.1 Å². The highest BCUT2D eigenvalue weighted by Gasteiger charge is 2.20. The van der Waals surface area contributed by atoms with Crippen LogP contribution in [0.5, 0.6) is 0 Å². The summed E-state index contributed by atoms with van der Waals surface area (Å²) in [6.07, 6.45) is 1.56. The molecular weight excluding hydrogens is 189 g/mol. The lowest BCUT2D eigenvalue weighted by molar-refractivity contribution is 0.368. The van der Waals surface area contributed by atoms with Crippen LogP contribution in [-0.2, 0) is 0 Å². The van der Waals surface area contributed by atoms with Gasteiger partial charge >= 0.3 is 13.1 Å². The number of nitrogens with zero attached hydrogens (tertiary/aromatic N) is 3. The van der Waals surface area contributed by atoms with E-state index in [2.05, 4.69) is 9.96 Å². The average Bonchev–Trinajstić information content (AvgIpc) is 2.03. The van der Waals surface area contributed by atoms with E-state index in [1.54, 1.807) is 24.4 Å². The minimum atomic E-state index is -6.00. The van der Waals surface area contributed by atoms with Gasteiger partial charge in [0.2, 0.25) is 0 Å². The molecule has 0 bridgehead atoms. The Kier molecular flexibility index (Phi) is 4.44. The van der Waals surface area contributed by atoms with Crippen molar-refractivity contribution in [1.82, 2.24) is 4.98 Å². The second-order valence-corrected chi connectivity index (χ2v) is 1.78. The molecule has 0 unspecified atom stereocenters. The van der Waals surface area contributed by atoms with Gasteiger partial charge in [-0.3, -0.25) is 0 Å². The maximum atomic E-state index is 9.75. The number of aromatic nitrogens is 1. The SMILES string of the molecule is F[B-](F)(F)F.N#[N+]c1ccccn1. The van der Waals surface area contributed by atoms with Crippen LogP contribution in [0.1, 0.15) is 0 Å². The van der Waals surface area contributed by atoms with Crippen LogP contribution in [0.25, 0.3) is 4.98 Å². The monoisotopic (exact) mass is 193 g/mol. The molecular formula is C5H4BF4N3. The molecule has 13 heavy (non-hydrogen) atoms. The zero-order chi connectivity index (χ0) is 10.3. The van der Waals surface area contributed by atoms with Crippen LogP contribution >= 0.6 is 0 Å². The van der Waals surface area contributed by atoms with Gasteiger partial charge in [0.05, 0.1) is 11.5 Å². The molecule has 1 aromatic rings. The quantitative estimate of drug-likeness (QED) is 0.361. The summed E-state index contributed by atoms with van der Waals surface area (Å²) in [5.74, 6) is 0.340.